The normalized spacial score (nSPS) is 22.4. The Morgan fingerprint density at radius 2 is 1.95 bits per heavy atom. The fraction of sp³-hybridized carbons (Fsp3) is 0.857. The predicted molar refractivity (Wildman–Crippen MR) is 71.8 cm³/mol. The number of unbranched alkanes of at least 4 members (excludes halogenated alkanes) is 1. The van der Waals surface area contributed by atoms with Crippen molar-refractivity contribution in [3.8, 4) is 0 Å². The van der Waals surface area contributed by atoms with E-state index in [0.717, 1.165) is 19.4 Å². The summed E-state index contributed by atoms with van der Waals surface area (Å²) < 4.78 is 5.04. The summed E-state index contributed by atoms with van der Waals surface area (Å²) in [6.07, 6.45) is 3.83. The van der Waals surface area contributed by atoms with Gasteiger partial charge in [-0.15, -0.1) is 0 Å². The molecule has 0 aliphatic heterocycles. The van der Waals surface area contributed by atoms with E-state index in [9.17, 15) is 9.59 Å². The van der Waals surface area contributed by atoms with Gasteiger partial charge in [-0.1, -0.05) is 13.3 Å². The minimum atomic E-state index is -0.771. The third-order valence-electron chi connectivity index (χ3n) is 3.79. The van der Waals surface area contributed by atoms with Crippen LogP contribution in [0.15, 0.2) is 0 Å². The van der Waals surface area contributed by atoms with E-state index in [1.807, 2.05) is 4.90 Å². The summed E-state index contributed by atoms with van der Waals surface area (Å²) in [6, 6.07) is 0. The standard InChI is InChI=1S/C14H25NO4/c1-3-4-7-15(8-9-19-2)13(16)11-5-6-12(10-11)14(17)18/h11-12H,3-10H2,1-2H3,(H,17,18)/t11-,12+/m1/s1. The number of carboxylic acids is 1. The Kier molecular flexibility index (Phi) is 6.84. The van der Waals surface area contributed by atoms with Gasteiger partial charge in [-0.3, -0.25) is 9.59 Å². The lowest BCUT2D eigenvalue weighted by atomic mass is 10.0. The first-order valence-electron chi connectivity index (χ1n) is 7.10. The van der Waals surface area contributed by atoms with Crippen LogP contribution in [0.1, 0.15) is 39.0 Å². The Labute approximate surface area is 114 Å². The maximum atomic E-state index is 12.4. The number of amides is 1. The number of carbonyl (C=O) groups excluding carboxylic acids is 1. The molecule has 1 N–H and O–H groups in total. The molecule has 2 atom stereocenters. The molecular weight excluding hydrogens is 246 g/mol. The minimum absolute atomic E-state index is 0.106. The second-order valence-electron chi connectivity index (χ2n) is 5.22. The number of hydrogen-bond acceptors (Lipinski definition) is 3. The van der Waals surface area contributed by atoms with Crippen molar-refractivity contribution in [1.29, 1.82) is 0 Å². The maximum Gasteiger partial charge on any atom is 0.306 e. The summed E-state index contributed by atoms with van der Waals surface area (Å²) in [5.41, 5.74) is 0. The van der Waals surface area contributed by atoms with E-state index in [0.29, 0.717) is 32.4 Å². The number of aliphatic carboxylic acids is 1. The van der Waals surface area contributed by atoms with Gasteiger partial charge in [0, 0.05) is 26.1 Å². The molecule has 1 amide bonds. The van der Waals surface area contributed by atoms with Gasteiger partial charge in [0.25, 0.3) is 0 Å². The van der Waals surface area contributed by atoms with Crippen LogP contribution in [0.3, 0.4) is 0 Å². The lowest BCUT2D eigenvalue weighted by Gasteiger charge is -2.25. The molecule has 0 radical (unpaired) electrons. The van der Waals surface area contributed by atoms with Crippen LogP contribution in [0.2, 0.25) is 0 Å². The quantitative estimate of drug-likeness (QED) is 0.730. The number of rotatable bonds is 8. The summed E-state index contributed by atoms with van der Waals surface area (Å²) >= 11 is 0. The highest BCUT2D eigenvalue weighted by molar-refractivity contribution is 5.81. The summed E-state index contributed by atoms with van der Waals surface area (Å²) in [4.78, 5) is 25.2. The summed E-state index contributed by atoms with van der Waals surface area (Å²) in [5.74, 6) is -1.12. The maximum absolute atomic E-state index is 12.4. The highest BCUT2D eigenvalue weighted by atomic mass is 16.5. The van der Waals surface area contributed by atoms with Gasteiger partial charge in [0.15, 0.2) is 0 Å². The van der Waals surface area contributed by atoms with Crippen molar-refractivity contribution >= 4 is 11.9 Å². The van der Waals surface area contributed by atoms with Gasteiger partial charge in [0.1, 0.15) is 0 Å². The molecule has 0 bridgehead atoms. The molecule has 1 rings (SSSR count). The second kappa shape index (κ2) is 8.15. The number of ether oxygens (including phenoxy) is 1. The smallest absolute Gasteiger partial charge is 0.306 e. The van der Waals surface area contributed by atoms with Crippen LogP contribution in [0.4, 0.5) is 0 Å². The molecular formula is C14H25NO4. The molecule has 5 nitrogen and oxygen atoms in total. The molecule has 0 saturated heterocycles. The van der Waals surface area contributed by atoms with E-state index >= 15 is 0 Å². The van der Waals surface area contributed by atoms with Crippen LogP contribution < -0.4 is 0 Å². The second-order valence-corrected chi connectivity index (χ2v) is 5.22. The predicted octanol–water partition coefficient (Wildman–Crippen LogP) is 1.76. The van der Waals surface area contributed by atoms with Crippen molar-refractivity contribution in [2.75, 3.05) is 26.8 Å². The Morgan fingerprint density at radius 1 is 1.26 bits per heavy atom. The summed E-state index contributed by atoms with van der Waals surface area (Å²) in [6.45, 7) is 3.97. The summed E-state index contributed by atoms with van der Waals surface area (Å²) in [7, 11) is 1.62. The van der Waals surface area contributed by atoms with Crippen LogP contribution in [-0.2, 0) is 14.3 Å². The highest BCUT2D eigenvalue weighted by Gasteiger charge is 2.35. The number of nitrogens with zero attached hydrogens (tertiary/aromatic N) is 1. The third kappa shape index (κ3) is 4.82. The largest absolute Gasteiger partial charge is 0.481 e. The van der Waals surface area contributed by atoms with E-state index in [1.165, 1.54) is 0 Å². The number of carbonyl (C=O) groups is 2. The van der Waals surface area contributed by atoms with Gasteiger partial charge in [0.05, 0.1) is 12.5 Å². The first-order valence-corrected chi connectivity index (χ1v) is 7.10. The molecule has 0 aromatic carbocycles. The zero-order valence-electron chi connectivity index (χ0n) is 11.9. The monoisotopic (exact) mass is 271 g/mol. The first kappa shape index (κ1) is 16.0. The van der Waals surface area contributed by atoms with Gasteiger partial charge < -0.3 is 14.7 Å². The average molecular weight is 271 g/mol. The van der Waals surface area contributed by atoms with Gasteiger partial charge in [-0.05, 0) is 25.7 Å². The zero-order chi connectivity index (χ0) is 14.3. The Morgan fingerprint density at radius 3 is 2.47 bits per heavy atom. The molecule has 0 unspecified atom stereocenters. The van der Waals surface area contributed by atoms with Crippen molar-refractivity contribution in [3.05, 3.63) is 0 Å². The third-order valence-corrected chi connectivity index (χ3v) is 3.79. The molecule has 19 heavy (non-hydrogen) atoms. The molecule has 0 heterocycles. The van der Waals surface area contributed by atoms with Crippen LogP contribution in [0.5, 0.6) is 0 Å². The van der Waals surface area contributed by atoms with Crippen LogP contribution in [0.25, 0.3) is 0 Å². The first-order chi connectivity index (χ1) is 9.10. The van der Waals surface area contributed by atoms with E-state index in [1.54, 1.807) is 7.11 Å². The number of carboxylic acid groups (broad SMARTS) is 1. The van der Waals surface area contributed by atoms with Gasteiger partial charge in [0.2, 0.25) is 5.91 Å². The van der Waals surface area contributed by atoms with Crippen LogP contribution in [-0.4, -0.2) is 48.7 Å². The lowest BCUT2D eigenvalue weighted by Crippen LogP contribution is -2.38. The molecule has 1 fully saturated rings. The lowest BCUT2D eigenvalue weighted by molar-refractivity contribution is -0.141. The van der Waals surface area contributed by atoms with Crippen molar-refractivity contribution in [1.82, 2.24) is 4.90 Å². The van der Waals surface area contributed by atoms with Gasteiger partial charge in [-0.25, -0.2) is 0 Å². The number of methoxy groups -OCH3 is 1. The molecule has 0 spiro atoms. The fourth-order valence-corrected chi connectivity index (χ4v) is 2.57. The topological polar surface area (TPSA) is 66.8 Å². The molecule has 110 valence electrons. The van der Waals surface area contributed by atoms with Crippen LogP contribution >= 0.6 is 0 Å². The molecule has 1 saturated carbocycles. The summed E-state index contributed by atoms with van der Waals surface area (Å²) in [5, 5.41) is 8.99. The van der Waals surface area contributed by atoms with Crippen LogP contribution in [0, 0.1) is 11.8 Å². The zero-order valence-corrected chi connectivity index (χ0v) is 11.9. The molecule has 5 heteroatoms. The van der Waals surface area contributed by atoms with E-state index < -0.39 is 5.97 Å². The Bertz CT molecular complexity index is 298. The van der Waals surface area contributed by atoms with E-state index in [-0.39, 0.29) is 17.7 Å². The van der Waals surface area contributed by atoms with Gasteiger partial charge >= 0.3 is 5.97 Å². The van der Waals surface area contributed by atoms with Crippen molar-refractivity contribution in [3.63, 3.8) is 0 Å². The average Bonchev–Trinajstić information content (AvgIpc) is 2.88. The Balaban J connectivity index is 2.53. The number of hydrogen-bond donors (Lipinski definition) is 1. The Hall–Kier alpha value is -1.10. The van der Waals surface area contributed by atoms with E-state index in [4.69, 9.17) is 9.84 Å². The van der Waals surface area contributed by atoms with Crippen molar-refractivity contribution in [2.45, 2.75) is 39.0 Å². The fourth-order valence-electron chi connectivity index (χ4n) is 2.57. The minimum Gasteiger partial charge on any atom is -0.481 e. The van der Waals surface area contributed by atoms with Crippen molar-refractivity contribution in [2.24, 2.45) is 11.8 Å². The van der Waals surface area contributed by atoms with Gasteiger partial charge in [-0.2, -0.15) is 0 Å². The SMILES string of the molecule is CCCCN(CCOC)C(=O)[C@@H]1CC[C@H](C(=O)O)C1. The van der Waals surface area contributed by atoms with E-state index in [2.05, 4.69) is 6.92 Å². The molecule has 1 aliphatic carbocycles. The molecule has 1 aliphatic rings. The van der Waals surface area contributed by atoms with Crippen molar-refractivity contribution < 1.29 is 19.4 Å². The molecule has 0 aromatic heterocycles. The molecule has 0 aromatic rings. The highest BCUT2D eigenvalue weighted by Crippen LogP contribution is 2.32.